The van der Waals surface area contributed by atoms with E-state index in [9.17, 15) is 0 Å². The van der Waals surface area contributed by atoms with Gasteiger partial charge in [0.05, 0.1) is 13.1 Å². The summed E-state index contributed by atoms with van der Waals surface area (Å²) in [5, 5.41) is 0. The Morgan fingerprint density at radius 3 is 2.80 bits per heavy atom. The molecule has 1 aromatic heterocycles. The molecule has 106 valence electrons. The molecule has 0 saturated heterocycles. The third kappa shape index (κ3) is 2.79. The first kappa shape index (κ1) is 13.4. The molecule has 0 spiro atoms. The quantitative estimate of drug-likeness (QED) is 0.932. The average Bonchev–Trinajstić information content (AvgIpc) is 2.68. The number of hydrogen-bond acceptors (Lipinski definition) is 3. The van der Waals surface area contributed by atoms with Crippen molar-refractivity contribution in [2.24, 2.45) is 5.73 Å². The highest BCUT2D eigenvalue weighted by Crippen LogP contribution is 2.21. The Morgan fingerprint density at radius 2 is 2.05 bits per heavy atom. The predicted octanol–water partition coefficient (Wildman–Crippen LogP) is 3.00. The van der Waals surface area contributed by atoms with E-state index in [2.05, 4.69) is 42.2 Å². The second kappa shape index (κ2) is 5.81. The van der Waals surface area contributed by atoms with Crippen LogP contribution >= 0.6 is 0 Å². The van der Waals surface area contributed by atoms with Crippen LogP contribution in [0.1, 0.15) is 34.6 Å². The monoisotopic (exact) mass is 270 g/mol. The Labute approximate surface area is 120 Å². The van der Waals surface area contributed by atoms with E-state index in [0.717, 1.165) is 36.7 Å². The van der Waals surface area contributed by atoms with Gasteiger partial charge in [-0.05, 0) is 49.1 Å². The van der Waals surface area contributed by atoms with Crippen LogP contribution < -0.4 is 5.73 Å². The van der Waals surface area contributed by atoms with E-state index in [0.29, 0.717) is 6.54 Å². The van der Waals surface area contributed by atoms with Crippen LogP contribution in [0.2, 0.25) is 0 Å². The lowest BCUT2D eigenvalue weighted by Gasteiger charge is -2.19. The fraction of sp³-hybridized carbons (Fsp3) is 0.412. The number of nitrogens with zero attached hydrogens (tertiary/aromatic N) is 1. The fourth-order valence-electron chi connectivity index (χ4n) is 2.99. The number of fused-ring (bicyclic) bond motifs is 1. The third-order valence-corrected chi connectivity index (χ3v) is 4.07. The van der Waals surface area contributed by atoms with Crippen molar-refractivity contribution in [1.29, 1.82) is 0 Å². The minimum absolute atomic E-state index is 0.481. The lowest BCUT2D eigenvalue weighted by molar-refractivity contribution is 0.237. The number of furan rings is 1. The van der Waals surface area contributed by atoms with E-state index in [4.69, 9.17) is 10.2 Å². The molecule has 0 fully saturated rings. The molecule has 2 aromatic rings. The topological polar surface area (TPSA) is 42.4 Å². The summed E-state index contributed by atoms with van der Waals surface area (Å²) in [6.07, 6.45) is 2.39. The zero-order valence-electron chi connectivity index (χ0n) is 12.1. The highest BCUT2D eigenvalue weighted by Gasteiger charge is 2.16. The highest BCUT2D eigenvalue weighted by molar-refractivity contribution is 5.28. The molecule has 0 atom stereocenters. The summed E-state index contributed by atoms with van der Waals surface area (Å²) >= 11 is 0. The van der Waals surface area contributed by atoms with Crippen molar-refractivity contribution in [3.63, 3.8) is 0 Å². The largest absolute Gasteiger partial charge is 0.463 e. The summed E-state index contributed by atoms with van der Waals surface area (Å²) in [7, 11) is 0. The van der Waals surface area contributed by atoms with Crippen LogP contribution in [0, 0.1) is 6.92 Å². The molecule has 3 heteroatoms. The summed E-state index contributed by atoms with van der Waals surface area (Å²) < 4.78 is 5.83. The molecule has 0 unspecified atom stereocenters. The molecule has 0 bridgehead atoms. The first-order valence-electron chi connectivity index (χ1n) is 7.33. The molecular weight excluding hydrogens is 248 g/mol. The zero-order valence-corrected chi connectivity index (χ0v) is 12.1. The molecule has 3 nitrogen and oxygen atoms in total. The van der Waals surface area contributed by atoms with Crippen LogP contribution in [0.3, 0.4) is 0 Å². The van der Waals surface area contributed by atoms with Gasteiger partial charge >= 0.3 is 0 Å². The maximum absolute atomic E-state index is 5.83. The Balaban J connectivity index is 1.74. The minimum Gasteiger partial charge on any atom is -0.463 e. The van der Waals surface area contributed by atoms with Crippen molar-refractivity contribution in [1.82, 2.24) is 4.90 Å². The summed E-state index contributed by atoms with van der Waals surface area (Å²) in [4.78, 5) is 2.46. The maximum Gasteiger partial charge on any atom is 0.120 e. The van der Waals surface area contributed by atoms with Gasteiger partial charge in [0, 0.05) is 6.54 Å². The maximum atomic E-state index is 5.83. The lowest BCUT2D eigenvalue weighted by atomic mass is 10.0. The van der Waals surface area contributed by atoms with Crippen LogP contribution in [-0.4, -0.2) is 11.4 Å². The molecule has 20 heavy (non-hydrogen) atoms. The molecule has 2 heterocycles. The molecule has 1 aromatic carbocycles. The fourth-order valence-corrected chi connectivity index (χ4v) is 2.99. The second-order valence-electron chi connectivity index (χ2n) is 5.61. The van der Waals surface area contributed by atoms with E-state index >= 15 is 0 Å². The van der Waals surface area contributed by atoms with E-state index in [1.54, 1.807) is 0 Å². The van der Waals surface area contributed by atoms with Gasteiger partial charge in [0.1, 0.15) is 11.5 Å². The van der Waals surface area contributed by atoms with Gasteiger partial charge in [-0.1, -0.05) is 24.3 Å². The van der Waals surface area contributed by atoms with Crippen LogP contribution in [0.4, 0.5) is 0 Å². The molecule has 3 rings (SSSR count). The van der Waals surface area contributed by atoms with Crippen LogP contribution in [0.25, 0.3) is 0 Å². The summed E-state index contributed by atoms with van der Waals surface area (Å²) in [6.45, 7) is 5.54. The number of nitrogens with two attached hydrogens (primary N) is 1. The van der Waals surface area contributed by atoms with Gasteiger partial charge < -0.3 is 10.2 Å². The summed E-state index contributed by atoms with van der Waals surface area (Å²) in [5.74, 6) is 1.94. The summed E-state index contributed by atoms with van der Waals surface area (Å²) in [5.41, 5.74) is 9.79. The first-order chi connectivity index (χ1) is 9.76. The standard InChI is InChI=1S/C17H22N2O/c1-13-9-16(20-17(13)10-18)12-19-8-4-7-14-5-2-3-6-15(14)11-19/h2-3,5-6,9H,4,7-8,10-12,18H2,1H3. The van der Waals surface area contributed by atoms with E-state index in [-0.39, 0.29) is 0 Å². The van der Waals surface area contributed by atoms with Crippen molar-refractivity contribution >= 4 is 0 Å². The van der Waals surface area contributed by atoms with Gasteiger partial charge in [-0.15, -0.1) is 0 Å². The molecule has 0 aliphatic carbocycles. The SMILES string of the molecule is Cc1cc(CN2CCCc3ccccc3C2)oc1CN. The lowest BCUT2D eigenvalue weighted by Crippen LogP contribution is -2.22. The minimum atomic E-state index is 0.481. The Kier molecular flexibility index (Phi) is 3.90. The molecule has 1 aliphatic heterocycles. The van der Waals surface area contributed by atoms with E-state index in [1.165, 1.54) is 24.0 Å². The first-order valence-corrected chi connectivity index (χ1v) is 7.33. The van der Waals surface area contributed by atoms with Crippen molar-refractivity contribution in [2.45, 2.75) is 39.4 Å². The molecule has 1 aliphatic rings. The Hall–Kier alpha value is -1.58. The van der Waals surface area contributed by atoms with Gasteiger partial charge in [0.2, 0.25) is 0 Å². The van der Waals surface area contributed by atoms with Crippen LogP contribution in [0.5, 0.6) is 0 Å². The Morgan fingerprint density at radius 1 is 1.25 bits per heavy atom. The number of hydrogen-bond donors (Lipinski definition) is 1. The molecule has 0 amide bonds. The van der Waals surface area contributed by atoms with Gasteiger partial charge in [0.25, 0.3) is 0 Å². The van der Waals surface area contributed by atoms with E-state index in [1.807, 2.05) is 0 Å². The van der Waals surface area contributed by atoms with E-state index < -0.39 is 0 Å². The van der Waals surface area contributed by atoms with Crippen molar-refractivity contribution in [3.8, 4) is 0 Å². The predicted molar refractivity (Wildman–Crippen MR) is 80.2 cm³/mol. The average molecular weight is 270 g/mol. The second-order valence-corrected chi connectivity index (χ2v) is 5.61. The normalized spacial score (nSPS) is 15.9. The molecule has 0 radical (unpaired) electrons. The smallest absolute Gasteiger partial charge is 0.120 e. The van der Waals surface area contributed by atoms with Crippen LogP contribution in [0.15, 0.2) is 34.7 Å². The molecule has 2 N–H and O–H groups in total. The molecule has 0 saturated carbocycles. The zero-order chi connectivity index (χ0) is 13.9. The number of rotatable bonds is 3. The van der Waals surface area contributed by atoms with Crippen LogP contribution in [-0.2, 0) is 26.1 Å². The molecular formula is C17H22N2O. The Bertz CT molecular complexity index is 588. The van der Waals surface area contributed by atoms with Gasteiger partial charge in [-0.25, -0.2) is 0 Å². The summed E-state index contributed by atoms with van der Waals surface area (Å²) in [6, 6.07) is 10.9. The number of aryl methyl sites for hydroxylation is 2. The number of benzene rings is 1. The highest BCUT2D eigenvalue weighted by atomic mass is 16.3. The van der Waals surface area contributed by atoms with Crippen molar-refractivity contribution in [3.05, 3.63) is 58.5 Å². The van der Waals surface area contributed by atoms with Gasteiger partial charge in [0.15, 0.2) is 0 Å². The van der Waals surface area contributed by atoms with Crippen molar-refractivity contribution < 1.29 is 4.42 Å². The third-order valence-electron chi connectivity index (χ3n) is 4.07. The van der Waals surface area contributed by atoms with Crippen molar-refractivity contribution in [2.75, 3.05) is 6.54 Å². The van der Waals surface area contributed by atoms with Gasteiger partial charge in [-0.2, -0.15) is 0 Å². The van der Waals surface area contributed by atoms with Gasteiger partial charge in [-0.3, -0.25) is 4.90 Å².